The van der Waals surface area contributed by atoms with E-state index in [-0.39, 0.29) is 16.6 Å². The smallest absolute Gasteiger partial charge is 0.288 e. The number of carbonyl (C=O) groups excluding carboxylic acids is 1. The molecule has 1 aromatic rings. The van der Waals surface area contributed by atoms with Crippen molar-refractivity contribution >= 4 is 23.2 Å². The second-order valence-electron chi connectivity index (χ2n) is 4.71. The molecule has 1 atom stereocenters. The van der Waals surface area contributed by atoms with Crippen molar-refractivity contribution < 1.29 is 14.5 Å². The predicted octanol–water partition coefficient (Wildman–Crippen LogP) is 1.45. The van der Waals surface area contributed by atoms with Crippen LogP contribution in [-0.4, -0.2) is 48.0 Å². The Morgan fingerprint density at radius 3 is 2.71 bits per heavy atom. The van der Waals surface area contributed by atoms with Crippen LogP contribution < -0.4 is 10.1 Å². The van der Waals surface area contributed by atoms with Crippen LogP contribution in [0.1, 0.15) is 6.92 Å². The van der Waals surface area contributed by atoms with Crippen LogP contribution in [-0.2, 0) is 4.79 Å². The van der Waals surface area contributed by atoms with E-state index in [4.69, 9.17) is 16.3 Å². The number of nitrogens with zero attached hydrogens (tertiary/aromatic N) is 2. The highest BCUT2D eigenvalue weighted by Gasteiger charge is 2.24. The first kappa shape index (κ1) is 15.5. The lowest BCUT2D eigenvalue weighted by molar-refractivity contribution is -0.384. The van der Waals surface area contributed by atoms with Gasteiger partial charge in [0, 0.05) is 38.3 Å². The largest absolute Gasteiger partial charge is 0.481 e. The maximum absolute atomic E-state index is 12.2. The Balaban J connectivity index is 2.01. The van der Waals surface area contributed by atoms with Crippen LogP contribution in [0.25, 0.3) is 0 Å². The molecule has 0 spiro atoms. The summed E-state index contributed by atoms with van der Waals surface area (Å²) in [6.07, 6.45) is -0.666. The fourth-order valence-corrected chi connectivity index (χ4v) is 2.35. The van der Waals surface area contributed by atoms with Crippen LogP contribution >= 0.6 is 11.6 Å². The molecule has 1 saturated heterocycles. The van der Waals surface area contributed by atoms with Gasteiger partial charge in [-0.2, -0.15) is 0 Å². The van der Waals surface area contributed by atoms with Crippen molar-refractivity contribution in [2.75, 3.05) is 26.2 Å². The minimum absolute atomic E-state index is 0.0145. The number of carbonyl (C=O) groups is 1. The molecule has 7 nitrogen and oxygen atoms in total. The molecule has 1 N–H and O–H groups in total. The zero-order valence-electron chi connectivity index (χ0n) is 11.5. The number of hydrogen-bond donors (Lipinski definition) is 1. The SMILES string of the molecule is CC(Oc1ccc([N+](=O)[O-])c(Cl)c1)C(=O)N1CCNCC1. The molecule has 1 unspecified atom stereocenters. The maximum atomic E-state index is 12.2. The van der Waals surface area contributed by atoms with Gasteiger partial charge in [-0.05, 0) is 13.0 Å². The summed E-state index contributed by atoms with van der Waals surface area (Å²) < 4.78 is 5.53. The molecule has 114 valence electrons. The zero-order valence-corrected chi connectivity index (χ0v) is 12.3. The van der Waals surface area contributed by atoms with E-state index in [0.717, 1.165) is 13.1 Å². The van der Waals surface area contributed by atoms with Gasteiger partial charge in [0.1, 0.15) is 10.8 Å². The molecule has 1 aliphatic heterocycles. The quantitative estimate of drug-likeness (QED) is 0.671. The second-order valence-corrected chi connectivity index (χ2v) is 5.11. The average Bonchev–Trinajstić information content (AvgIpc) is 2.47. The molecule has 0 aliphatic carbocycles. The van der Waals surface area contributed by atoms with Gasteiger partial charge in [-0.15, -0.1) is 0 Å². The monoisotopic (exact) mass is 313 g/mol. The van der Waals surface area contributed by atoms with Crippen molar-refractivity contribution in [3.8, 4) is 5.75 Å². The summed E-state index contributed by atoms with van der Waals surface area (Å²) in [5.74, 6) is 0.229. The number of piperazine rings is 1. The van der Waals surface area contributed by atoms with Gasteiger partial charge < -0.3 is 15.0 Å². The van der Waals surface area contributed by atoms with Crippen LogP contribution in [0.5, 0.6) is 5.75 Å². The van der Waals surface area contributed by atoms with E-state index in [0.29, 0.717) is 18.8 Å². The Morgan fingerprint density at radius 2 is 2.14 bits per heavy atom. The molecular weight excluding hydrogens is 298 g/mol. The predicted molar refractivity (Wildman–Crippen MR) is 77.6 cm³/mol. The molecule has 0 radical (unpaired) electrons. The van der Waals surface area contributed by atoms with Crippen molar-refractivity contribution in [2.24, 2.45) is 0 Å². The Hall–Kier alpha value is -1.86. The minimum Gasteiger partial charge on any atom is -0.481 e. The summed E-state index contributed by atoms with van der Waals surface area (Å²) in [7, 11) is 0. The molecular formula is C13H16ClN3O4. The van der Waals surface area contributed by atoms with E-state index in [9.17, 15) is 14.9 Å². The lowest BCUT2D eigenvalue weighted by Gasteiger charge is -2.29. The van der Waals surface area contributed by atoms with Crippen molar-refractivity contribution in [1.82, 2.24) is 10.2 Å². The molecule has 0 bridgehead atoms. The minimum atomic E-state index is -0.666. The maximum Gasteiger partial charge on any atom is 0.288 e. The molecule has 0 aromatic heterocycles. The van der Waals surface area contributed by atoms with Gasteiger partial charge in [-0.3, -0.25) is 14.9 Å². The number of nitrogens with one attached hydrogen (secondary N) is 1. The summed E-state index contributed by atoms with van der Waals surface area (Å²) >= 11 is 5.81. The Morgan fingerprint density at radius 1 is 1.48 bits per heavy atom. The molecule has 0 saturated carbocycles. The van der Waals surface area contributed by atoms with Gasteiger partial charge >= 0.3 is 0 Å². The number of hydrogen-bond acceptors (Lipinski definition) is 5. The fraction of sp³-hybridized carbons (Fsp3) is 0.462. The van der Waals surface area contributed by atoms with Gasteiger partial charge in [-0.1, -0.05) is 11.6 Å². The third-order valence-electron chi connectivity index (χ3n) is 3.21. The molecule has 1 amide bonds. The number of rotatable bonds is 4. The number of nitro groups is 1. The van der Waals surface area contributed by atoms with Crippen molar-refractivity contribution in [1.29, 1.82) is 0 Å². The molecule has 1 aliphatic rings. The van der Waals surface area contributed by atoms with Crippen molar-refractivity contribution in [3.05, 3.63) is 33.3 Å². The first-order chi connectivity index (χ1) is 9.99. The highest BCUT2D eigenvalue weighted by atomic mass is 35.5. The lowest BCUT2D eigenvalue weighted by Crippen LogP contribution is -2.50. The summed E-state index contributed by atoms with van der Waals surface area (Å²) in [5.41, 5.74) is -0.190. The van der Waals surface area contributed by atoms with Gasteiger partial charge in [0.25, 0.3) is 11.6 Å². The van der Waals surface area contributed by atoms with E-state index in [1.54, 1.807) is 11.8 Å². The summed E-state index contributed by atoms with van der Waals surface area (Å²) in [4.78, 5) is 24.0. The van der Waals surface area contributed by atoms with E-state index in [1.165, 1.54) is 18.2 Å². The molecule has 21 heavy (non-hydrogen) atoms. The molecule has 8 heteroatoms. The molecule has 1 fully saturated rings. The normalized spacial score (nSPS) is 16.4. The second kappa shape index (κ2) is 6.73. The summed E-state index contributed by atoms with van der Waals surface area (Å²) in [5, 5.41) is 13.8. The summed E-state index contributed by atoms with van der Waals surface area (Å²) in [6, 6.07) is 4.05. The number of nitro benzene ring substituents is 1. The number of halogens is 1. The first-order valence-corrected chi connectivity index (χ1v) is 6.97. The Kier molecular flexibility index (Phi) is 4.98. The van der Waals surface area contributed by atoms with E-state index < -0.39 is 11.0 Å². The van der Waals surface area contributed by atoms with E-state index in [2.05, 4.69) is 5.32 Å². The number of ether oxygens (including phenoxy) is 1. The van der Waals surface area contributed by atoms with Crippen molar-refractivity contribution in [2.45, 2.75) is 13.0 Å². The van der Waals surface area contributed by atoms with Gasteiger partial charge in [-0.25, -0.2) is 0 Å². The Bertz CT molecular complexity index is 546. The molecule has 1 aromatic carbocycles. The van der Waals surface area contributed by atoms with Crippen LogP contribution in [0.15, 0.2) is 18.2 Å². The van der Waals surface area contributed by atoms with Gasteiger partial charge in [0.05, 0.1) is 4.92 Å². The summed E-state index contributed by atoms with van der Waals surface area (Å²) in [6.45, 7) is 4.48. The van der Waals surface area contributed by atoms with Crippen molar-refractivity contribution in [3.63, 3.8) is 0 Å². The van der Waals surface area contributed by atoms with Crippen LogP contribution in [0.3, 0.4) is 0 Å². The average molecular weight is 314 g/mol. The zero-order chi connectivity index (χ0) is 15.4. The number of benzene rings is 1. The molecule has 1 heterocycles. The van der Waals surface area contributed by atoms with Crippen LogP contribution in [0.4, 0.5) is 5.69 Å². The van der Waals surface area contributed by atoms with Gasteiger partial charge in [0.2, 0.25) is 0 Å². The van der Waals surface area contributed by atoms with Crippen LogP contribution in [0.2, 0.25) is 5.02 Å². The van der Waals surface area contributed by atoms with Gasteiger partial charge in [0.15, 0.2) is 6.10 Å². The molecule has 2 rings (SSSR count). The topological polar surface area (TPSA) is 84.7 Å². The Labute approximate surface area is 127 Å². The fourth-order valence-electron chi connectivity index (χ4n) is 2.11. The van der Waals surface area contributed by atoms with E-state index in [1.807, 2.05) is 0 Å². The first-order valence-electron chi connectivity index (χ1n) is 6.59. The highest BCUT2D eigenvalue weighted by Crippen LogP contribution is 2.28. The lowest BCUT2D eigenvalue weighted by atomic mass is 10.2. The highest BCUT2D eigenvalue weighted by molar-refractivity contribution is 6.32. The van der Waals surface area contributed by atoms with Crippen LogP contribution in [0, 0.1) is 10.1 Å². The standard InChI is InChI=1S/C13H16ClN3O4/c1-9(13(18)16-6-4-15-5-7-16)21-10-2-3-12(17(19)20)11(14)8-10/h2-3,8-9,15H,4-7H2,1H3. The third kappa shape index (κ3) is 3.83. The number of amides is 1. The third-order valence-corrected chi connectivity index (χ3v) is 3.51. The van der Waals surface area contributed by atoms with E-state index >= 15 is 0 Å².